The summed E-state index contributed by atoms with van der Waals surface area (Å²) in [4.78, 5) is 9.81. The molecule has 0 unspecified atom stereocenters. The van der Waals surface area contributed by atoms with Crippen LogP contribution in [0.25, 0.3) is 28.2 Å². The number of nitrogens with zero attached hydrogens (tertiary/aromatic N) is 3. The molecular formula is C27H24Cl2N4O2S. The molecule has 0 aliphatic carbocycles. The van der Waals surface area contributed by atoms with E-state index in [1.54, 1.807) is 36.4 Å². The second-order valence-corrected chi connectivity index (χ2v) is 12.3. The summed E-state index contributed by atoms with van der Waals surface area (Å²) in [5, 5.41) is 4.42. The van der Waals surface area contributed by atoms with Crippen molar-refractivity contribution in [2.75, 3.05) is 12.8 Å². The van der Waals surface area contributed by atoms with Crippen LogP contribution in [0.5, 0.6) is 0 Å². The Morgan fingerprint density at radius 2 is 1.61 bits per heavy atom. The van der Waals surface area contributed by atoms with Gasteiger partial charge in [-0.3, -0.25) is 9.56 Å². The maximum absolute atomic E-state index is 12.0. The molecule has 0 radical (unpaired) electrons. The topological polar surface area (TPSA) is 76.3 Å². The van der Waals surface area contributed by atoms with E-state index < -0.39 is 9.84 Å². The van der Waals surface area contributed by atoms with Gasteiger partial charge in [0.25, 0.3) is 0 Å². The van der Waals surface area contributed by atoms with Gasteiger partial charge in [-0.1, -0.05) is 53.5 Å². The highest BCUT2D eigenvalue weighted by Gasteiger charge is 2.28. The van der Waals surface area contributed by atoms with Crippen molar-refractivity contribution < 1.29 is 8.42 Å². The molecule has 6 nitrogen and oxygen atoms in total. The number of rotatable bonds is 5. The Kier molecular flexibility index (Phi) is 6.19. The number of imidazole rings is 1. The van der Waals surface area contributed by atoms with Crippen molar-refractivity contribution in [3.05, 3.63) is 88.7 Å². The number of nitrogens with one attached hydrogen (secondary N) is 1. The third kappa shape index (κ3) is 4.78. The molecular weight excluding hydrogens is 515 g/mol. The van der Waals surface area contributed by atoms with Crippen LogP contribution in [0.3, 0.4) is 0 Å². The van der Waals surface area contributed by atoms with Gasteiger partial charge in [-0.15, -0.1) is 0 Å². The summed E-state index contributed by atoms with van der Waals surface area (Å²) >= 11 is 13.1. The molecule has 0 saturated carbocycles. The minimum atomic E-state index is -3.30. The first-order valence-electron chi connectivity index (χ1n) is 11.3. The normalized spacial score (nSPS) is 15.0. The summed E-state index contributed by atoms with van der Waals surface area (Å²) in [7, 11) is -3.30. The van der Waals surface area contributed by atoms with Crippen molar-refractivity contribution in [1.29, 1.82) is 0 Å². The lowest BCUT2D eigenvalue weighted by molar-refractivity contribution is 0.506. The zero-order valence-corrected chi connectivity index (χ0v) is 22.3. The third-order valence-corrected chi connectivity index (χ3v) is 7.71. The summed E-state index contributed by atoms with van der Waals surface area (Å²) in [6.07, 6.45) is 3.12. The predicted molar refractivity (Wildman–Crippen MR) is 146 cm³/mol. The molecule has 4 aromatic rings. The van der Waals surface area contributed by atoms with Crippen molar-refractivity contribution >= 4 is 38.9 Å². The highest BCUT2D eigenvalue weighted by molar-refractivity contribution is 7.90. The molecule has 1 aromatic heterocycles. The monoisotopic (exact) mass is 538 g/mol. The number of aromatic nitrogens is 2. The molecule has 0 atom stereocenters. The number of aliphatic imine (C=N–C) groups is 1. The Hall–Kier alpha value is -3.13. The van der Waals surface area contributed by atoms with Gasteiger partial charge >= 0.3 is 0 Å². The van der Waals surface area contributed by atoms with Crippen molar-refractivity contribution in [3.8, 4) is 28.2 Å². The van der Waals surface area contributed by atoms with Gasteiger partial charge in [0.2, 0.25) is 0 Å². The van der Waals surface area contributed by atoms with E-state index in [0.29, 0.717) is 33.7 Å². The van der Waals surface area contributed by atoms with E-state index in [4.69, 9.17) is 28.2 Å². The first-order chi connectivity index (χ1) is 17.0. The predicted octanol–water partition coefficient (Wildman–Crippen LogP) is 6.05. The van der Waals surface area contributed by atoms with E-state index in [0.717, 1.165) is 22.6 Å². The maximum atomic E-state index is 12.0. The number of benzene rings is 3. The molecule has 5 rings (SSSR count). The van der Waals surface area contributed by atoms with E-state index >= 15 is 0 Å². The van der Waals surface area contributed by atoms with Crippen LogP contribution in [0.15, 0.2) is 82.8 Å². The number of halogens is 2. The molecule has 1 aliphatic rings. The number of sulfone groups is 1. The Labute approximate surface area is 220 Å². The highest BCUT2D eigenvalue weighted by Crippen LogP contribution is 2.36. The van der Waals surface area contributed by atoms with Crippen LogP contribution in [-0.2, 0) is 9.84 Å². The zero-order chi connectivity index (χ0) is 25.7. The largest absolute Gasteiger partial charge is 0.362 e. The minimum Gasteiger partial charge on any atom is -0.362 e. The van der Waals surface area contributed by atoms with Gasteiger partial charge in [-0.05, 0) is 61.4 Å². The van der Waals surface area contributed by atoms with Crippen LogP contribution < -0.4 is 5.32 Å². The molecule has 1 N–H and O–H groups in total. The number of hydrogen-bond donors (Lipinski definition) is 1. The van der Waals surface area contributed by atoms with Crippen LogP contribution in [-0.4, -0.2) is 42.1 Å². The average Bonchev–Trinajstić information content (AvgIpc) is 3.42. The van der Waals surface area contributed by atoms with Gasteiger partial charge < -0.3 is 5.32 Å². The fourth-order valence-corrected chi connectivity index (χ4v) is 5.35. The number of amidine groups is 1. The van der Waals surface area contributed by atoms with Crippen molar-refractivity contribution in [1.82, 2.24) is 14.9 Å². The average molecular weight is 539 g/mol. The summed E-state index contributed by atoms with van der Waals surface area (Å²) in [5.74, 6) is 1.32. The van der Waals surface area contributed by atoms with Gasteiger partial charge in [0.1, 0.15) is 17.4 Å². The van der Waals surface area contributed by atoms with E-state index in [1.165, 1.54) is 6.26 Å². The third-order valence-electron chi connectivity index (χ3n) is 5.97. The number of hydrogen-bond acceptors (Lipinski definition) is 5. The van der Waals surface area contributed by atoms with Gasteiger partial charge in [0.05, 0.1) is 32.6 Å². The molecule has 184 valence electrons. The second kappa shape index (κ2) is 9.07. The summed E-state index contributed by atoms with van der Waals surface area (Å²) < 4.78 is 25.9. The molecule has 0 bridgehead atoms. The fraction of sp³-hybridized carbons (Fsp3) is 0.185. The Bertz CT molecular complexity index is 1590. The smallest absolute Gasteiger partial charge is 0.175 e. The van der Waals surface area contributed by atoms with Crippen LogP contribution in [0, 0.1) is 0 Å². The molecule has 3 aromatic carbocycles. The molecule has 0 spiro atoms. The van der Waals surface area contributed by atoms with E-state index in [1.807, 2.05) is 41.1 Å². The summed E-state index contributed by atoms with van der Waals surface area (Å²) in [6.45, 7) is 4.83. The van der Waals surface area contributed by atoms with Gasteiger partial charge in [0.15, 0.2) is 9.84 Å². The molecule has 0 amide bonds. The summed E-state index contributed by atoms with van der Waals surface area (Å²) in [6, 6.07) is 20.1. The molecule has 0 saturated heterocycles. The van der Waals surface area contributed by atoms with Gasteiger partial charge in [-0.2, -0.15) is 0 Å². The molecule has 1 aliphatic heterocycles. The second-order valence-electron chi connectivity index (χ2n) is 9.44. The van der Waals surface area contributed by atoms with E-state index in [-0.39, 0.29) is 10.4 Å². The van der Waals surface area contributed by atoms with Crippen molar-refractivity contribution in [2.45, 2.75) is 24.3 Å². The lowest BCUT2D eigenvalue weighted by Gasteiger charge is -2.17. The quantitative estimate of drug-likeness (QED) is 0.335. The molecule has 2 heterocycles. The van der Waals surface area contributed by atoms with Crippen LogP contribution in [0.1, 0.15) is 19.5 Å². The van der Waals surface area contributed by atoms with Crippen LogP contribution in [0.4, 0.5) is 0 Å². The first kappa shape index (κ1) is 24.6. The van der Waals surface area contributed by atoms with E-state index in [9.17, 15) is 8.42 Å². The fourth-order valence-electron chi connectivity index (χ4n) is 4.12. The van der Waals surface area contributed by atoms with Crippen LogP contribution in [0.2, 0.25) is 10.0 Å². The lowest BCUT2D eigenvalue weighted by atomic mass is 10.1. The Morgan fingerprint density at radius 3 is 2.22 bits per heavy atom. The van der Waals surface area contributed by atoms with Crippen LogP contribution >= 0.6 is 23.2 Å². The minimum absolute atomic E-state index is 0.149. The Morgan fingerprint density at radius 1 is 0.944 bits per heavy atom. The summed E-state index contributed by atoms with van der Waals surface area (Å²) in [5.41, 5.74) is 3.73. The highest BCUT2D eigenvalue weighted by atomic mass is 35.5. The molecule has 36 heavy (non-hydrogen) atoms. The Balaban J connectivity index is 1.60. The van der Waals surface area contributed by atoms with Gasteiger partial charge in [0, 0.05) is 18.1 Å². The van der Waals surface area contributed by atoms with E-state index in [2.05, 4.69) is 24.2 Å². The molecule has 0 fully saturated rings. The van der Waals surface area contributed by atoms with Crippen molar-refractivity contribution in [2.24, 2.45) is 4.99 Å². The lowest BCUT2D eigenvalue weighted by Crippen LogP contribution is -2.39. The SMILES string of the molecule is CC1(C)CN=C(c2cn(-c3ccc(-c4cccc(S(C)(=O)=O)c4)cc3)c(-c3c(Cl)cccc3Cl)n2)N1. The van der Waals surface area contributed by atoms with Gasteiger partial charge in [-0.25, -0.2) is 13.4 Å². The standard InChI is InChI=1S/C27H24Cl2N4O2S/c1-27(2)16-30-25(32-27)23-15-33(26(31-23)24-21(28)8-5-9-22(24)29)19-12-10-17(11-13-19)18-6-4-7-20(14-18)36(3,34)35/h4-15H,16H2,1-3H3,(H,30,32). The zero-order valence-electron chi connectivity index (χ0n) is 20.0. The van der Waals surface area contributed by atoms with Crippen molar-refractivity contribution in [3.63, 3.8) is 0 Å². The molecule has 9 heteroatoms. The maximum Gasteiger partial charge on any atom is 0.175 e. The first-order valence-corrected chi connectivity index (χ1v) is 13.9.